The summed E-state index contributed by atoms with van der Waals surface area (Å²) in [5.41, 5.74) is 2.54. The highest BCUT2D eigenvalue weighted by atomic mass is 32.2. The molecule has 2 N–H and O–H groups in total. The van der Waals surface area contributed by atoms with Crippen LogP contribution in [0, 0.1) is 11.3 Å². The van der Waals surface area contributed by atoms with Crippen molar-refractivity contribution < 1.29 is 31.1 Å². The maximum Gasteiger partial charge on any atom is 0.573 e. The second-order valence-electron chi connectivity index (χ2n) is 12.2. The van der Waals surface area contributed by atoms with Gasteiger partial charge in [-0.05, 0) is 85.9 Å². The zero-order chi connectivity index (χ0) is 29.6. The van der Waals surface area contributed by atoms with Crippen molar-refractivity contribution in [2.24, 2.45) is 11.3 Å². The van der Waals surface area contributed by atoms with Gasteiger partial charge >= 0.3 is 6.36 Å². The highest BCUT2D eigenvalue weighted by Crippen LogP contribution is 2.46. The minimum atomic E-state index is -4.77. The third kappa shape index (κ3) is 7.14. The average Bonchev–Trinajstić information content (AvgIpc) is 3.21. The summed E-state index contributed by atoms with van der Waals surface area (Å²) in [6.07, 6.45) is -1.09. The Morgan fingerprint density at radius 1 is 1.07 bits per heavy atom. The normalized spacial score (nSPS) is 22.8. The van der Waals surface area contributed by atoms with E-state index in [1.54, 1.807) is 12.1 Å². The van der Waals surface area contributed by atoms with Gasteiger partial charge in [-0.3, -0.25) is 4.79 Å². The zero-order valence-corrected chi connectivity index (χ0v) is 24.1. The topological polar surface area (TPSA) is 102 Å². The molecule has 12 heteroatoms. The third-order valence-electron chi connectivity index (χ3n) is 7.91. The zero-order valence-electron chi connectivity index (χ0n) is 23.3. The largest absolute Gasteiger partial charge is 0.573 e. The molecule has 8 nitrogen and oxygen atoms in total. The number of halogens is 3. The van der Waals surface area contributed by atoms with Crippen molar-refractivity contribution in [3.63, 3.8) is 0 Å². The highest BCUT2D eigenvalue weighted by Gasteiger charge is 2.35. The van der Waals surface area contributed by atoms with E-state index in [0.717, 1.165) is 24.8 Å². The molecular weight excluding hydrogens is 557 g/mol. The fourth-order valence-electron chi connectivity index (χ4n) is 6.36. The molecule has 5 rings (SSSR count). The molecule has 2 aromatic carbocycles. The summed E-state index contributed by atoms with van der Waals surface area (Å²) in [5, 5.41) is 6.26. The molecule has 0 bridgehead atoms. The number of rotatable bonds is 6. The molecule has 2 aliphatic rings. The number of nitrogens with one attached hydrogen (secondary N) is 2. The number of anilines is 2. The molecule has 3 aromatic rings. The first-order chi connectivity index (χ1) is 19.2. The van der Waals surface area contributed by atoms with Crippen LogP contribution >= 0.6 is 0 Å². The third-order valence-corrected chi connectivity index (χ3v) is 9.63. The van der Waals surface area contributed by atoms with Gasteiger partial charge < -0.3 is 19.9 Å². The fraction of sp³-hybridized carbons (Fsp3) is 0.517. The van der Waals surface area contributed by atoms with Crippen LogP contribution in [-0.2, 0) is 9.84 Å². The minimum Gasteiger partial charge on any atom is -0.406 e. The van der Waals surface area contributed by atoms with E-state index in [2.05, 4.69) is 40.7 Å². The lowest BCUT2D eigenvalue weighted by Crippen LogP contribution is -2.40. The lowest BCUT2D eigenvalue weighted by molar-refractivity contribution is -0.274. The lowest BCUT2D eigenvalue weighted by Gasteiger charge is -2.40. The highest BCUT2D eigenvalue weighted by molar-refractivity contribution is 7.91. The number of fused-ring (bicyclic) bond motifs is 1. The number of hydrogen-bond donors (Lipinski definition) is 2. The predicted molar refractivity (Wildman–Crippen MR) is 151 cm³/mol. The average molecular weight is 593 g/mol. The minimum absolute atomic E-state index is 0.0672. The molecule has 41 heavy (non-hydrogen) atoms. The lowest BCUT2D eigenvalue weighted by atomic mass is 9.70. The Hall–Kier alpha value is -3.28. The van der Waals surface area contributed by atoms with Gasteiger partial charge in [0.15, 0.2) is 0 Å². The monoisotopic (exact) mass is 592 g/mol. The first kappa shape index (κ1) is 29.2. The maximum absolute atomic E-state index is 13.2. The van der Waals surface area contributed by atoms with Gasteiger partial charge in [0.25, 0.3) is 5.91 Å². The molecular formula is C29H35F3N4O4S. The van der Waals surface area contributed by atoms with E-state index in [1.165, 1.54) is 24.3 Å². The van der Waals surface area contributed by atoms with Crippen molar-refractivity contribution in [2.45, 2.75) is 71.3 Å². The van der Waals surface area contributed by atoms with Crippen LogP contribution in [0.3, 0.4) is 0 Å². The molecule has 1 aliphatic heterocycles. The van der Waals surface area contributed by atoms with Gasteiger partial charge in [0.05, 0.1) is 22.5 Å². The number of imidazole rings is 1. The van der Waals surface area contributed by atoms with E-state index in [9.17, 15) is 26.4 Å². The van der Waals surface area contributed by atoms with Crippen molar-refractivity contribution in [1.29, 1.82) is 0 Å². The Balaban J connectivity index is 1.47. The quantitative estimate of drug-likeness (QED) is 0.345. The first-order valence-corrected chi connectivity index (χ1v) is 15.6. The van der Waals surface area contributed by atoms with Crippen LogP contribution in [0.25, 0.3) is 11.0 Å². The number of ether oxygens (including phenoxy) is 1. The predicted octanol–water partition coefficient (Wildman–Crippen LogP) is 6.37. The summed E-state index contributed by atoms with van der Waals surface area (Å²) in [4.78, 5) is 18.0. The molecule has 1 saturated heterocycles. The molecule has 2 atom stereocenters. The number of sulfone groups is 1. The summed E-state index contributed by atoms with van der Waals surface area (Å²) in [6.45, 7) is 6.71. The van der Waals surface area contributed by atoms with E-state index < -0.39 is 16.2 Å². The second-order valence-corrected chi connectivity index (χ2v) is 14.5. The van der Waals surface area contributed by atoms with Crippen LogP contribution in [-0.4, -0.2) is 47.8 Å². The Morgan fingerprint density at radius 2 is 1.76 bits per heavy atom. The van der Waals surface area contributed by atoms with Gasteiger partial charge in [0.2, 0.25) is 5.95 Å². The van der Waals surface area contributed by atoms with Gasteiger partial charge in [-0.2, -0.15) is 0 Å². The van der Waals surface area contributed by atoms with Crippen molar-refractivity contribution in [3.05, 3.63) is 48.0 Å². The Labute approximate surface area is 237 Å². The number of aromatic nitrogens is 2. The molecule has 0 spiro atoms. The molecule has 2 fully saturated rings. The smallest absolute Gasteiger partial charge is 0.406 e. The number of benzene rings is 2. The maximum atomic E-state index is 13.2. The number of carbonyl (C=O) groups is 1. The van der Waals surface area contributed by atoms with Gasteiger partial charge in [0.1, 0.15) is 15.6 Å². The van der Waals surface area contributed by atoms with Crippen molar-refractivity contribution in [1.82, 2.24) is 14.9 Å². The SMILES string of the molecule is C[C@@H]1C[C@H](n2c(Nc3ccc(OC(F)(F)F)cc3)nc3ccc(C(=O)NC4CCS(=O)(=O)CC4)cc32)CC(C)(C)C1. The number of nitrogens with zero attached hydrogens (tertiary/aromatic N) is 2. The number of carbonyl (C=O) groups excluding carboxylic acids is 1. The molecule has 0 unspecified atom stereocenters. The molecule has 1 amide bonds. The van der Waals surface area contributed by atoms with Gasteiger partial charge in [-0.15, -0.1) is 13.2 Å². The van der Waals surface area contributed by atoms with E-state index in [4.69, 9.17) is 4.98 Å². The van der Waals surface area contributed by atoms with Crippen LogP contribution < -0.4 is 15.4 Å². The summed E-state index contributed by atoms with van der Waals surface area (Å²) in [7, 11) is -3.04. The Kier molecular flexibility index (Phi) is 7.73. The van der Waals surface area contributed by atoms with Gasteiger partial charge in [-0.1, -0.05) is 20.8 Å². The van der Waals surface area contributed by atoms with Gasteiger partial charge in [-0.25, -0.2) is 13.4 Å². The number of hydrogen-bond acceptors (Lipinski definition) is 6. The van der Waals surface area contributed by atoms with E-state index in [-0.39, 0.29) is 40.7 Å². The van der Waals surface area contributed by atoms with Crippen LogP contribution in [0.5, 0.6) is 5.75 Å². The van der Waals surface area contributed by atoms with E-state index in [1.807, 2.05) is 6.07 Å². The van der Waals surface area contributed by atoms with Crippen LogP contribution in [0.15, 0.2) is 42.5 Å². The molecule has 1 aliphatic carbocycles. The molecule has 1 aromatic heterocycles. The summed E-state index contributed by atoms with van der Waals surface area (Å²) in [5.74, 6) is 0.549. The summed E-state index contributed by atoms with van der Waals surface area (Å²) < 4.78 is 67.5. The number of alkyl halides is 3. The van der Waals surface area contributed by atoms with Crippen LogP contribution in [0.4, 0.5) is 24.8 Å². The van der Waals surface area contributed by atoms with E-state index in [0.29, 0.717) is 41.5 Å². The van der Waals surface area contributed by atoms with E-state index >= 15 is 0 Å². The van der Waals surface area contributed by atoms with Crippen molar-refractivity contribution in [2.75, 3.05) is 16.8 Å². The van der Waals surface area contributed by atoms with Crippen LogP contribution in [0.1, 0.15) is 69.3 Å². The molecule has 0 radical (unpaired) electrons. The van der Waals surface area contributed by atoms with Crippen molar-refractivity contribution in [3.8, 4) is 5.75 Å². The Morgan fingerprint density at radius 3 is 2.39 bits per heavy atom. The van der Waals surface area contributed by atoms with Gasteiger partial charge in [0, 0.05) is 23.3 Å². The molecule has 1 saturated carbocycles. The molecule has 2 heterocycles. The standard InChI is InChI=1S/C29H35F3N4O4S/c1-18-14-22(17-28(2,3)16-18)36-25-15-19(26(37)33-21-10-12-41(38,39)13-11-21)4-9-24(25)35-27(36)34-20-5-7-23(8-6-20)40-29(30,31)32/h4-9,15,18,21-22H,10-14,16-17H2,1-3H3,(H,33,37)(H,34,35)/t18-,22+/m1/s1. The fourth-order valence-corrected chi connectivity index (χ4v) is 7.85. The summed E-state index contributed by atoms with van der Waals surface area (Å²) >= 11 is 0. The van der Waals surface area contributed by atoms with Crippen LogP contribution in [0.2, 0.25) is 0 Å². The first-order valence-electron chi connectivity index (χ1n) is 13.8. The Bertz CT molecular complexity index is 1520. The summed E-state index contributed by atoms with van der Waals surface area (Å²) in [6, 6.07) is 10.7. The second kappa shape index (κ2) is 10.8. The number of amides is 1. The van der Waals surface area contributed by atoms with Crippen molar-refractivity contribution >= 4 is 38.4 Å². The molecule has 222 valence electrons.